The quantitative estimate of drug-likeness (QED) is 0.0729. The van der Waals surface area contributed by atoms with Gasteiger partial charge in [-0.2, -0.15) is 0 Å². The Morgan fingerprint density at radius 1 is 0.684 bits per heavy atom. The Bertz CT molecular complexity index is 740. The molecule has 0 atom stereocenters. The van der Waals surface area contributed by atoms with Crippen molar-refractivity contribution in [3.63, 3.8) is 0 Å². The van der Waals surface area contributed by atoms with E-state index in [-0.39, 0.29) is 13.1 Å². The molecule has 1 aromatic rings. The summed E-state index contributed by atoms with van der Waals surface area (Å²) in [5.74, 6) is -0.0919. The minimum Gasteiger partial charge on any atom is -0.493 e. The van der Waals surface area contributed by atoms with Gasteiger partial charge < -0.3 is 19.1 Å². The van der Waals surface area contributed by atoms with Crippen LogP contribution in [0, 0.1) is 0 Å². The number of esters is 2. The molecule has 0 fully saturated rings. The second kappa shape index (κ2) is 23.0. The zero-order valence-electron chi connectivity index (χ0n) is 24.6. The highest BCUT2D eigenvalue weighted by atomic mass is 32.2. The molecule has 218 valence electrons. The van der Waals surface area contributed by atoms with Gasteiger partial charge in [-0.15, -0.1) is 11.8 Å². The molecule has 0 amide bonds. The normalized spacial score (nSPS) is 10.8. The Kier molecular flexibility index (Phi) is 20.7. The van der Waals surface area contributed by atoms with E-state index < -0.39 is 11.9 Å². The lowest BCUT2D eigenvalue weighted by Gasteiger charge is -2.23. The second-order valence-corrected chi connectivity index (χ2v) is 10.9. The van der Waals surface area contributed by atoms with Crippen LogP contribution < -0.4 is 9.64 Å². The second-order valence-electron chi connectivity index (χ2n) is 10.0. The molecule has 0 heterocycles. The predicted molar refractivity (Wildman–Crippen MR) is 160 cm³/mol. The van der Waals surface area contributed by atoms with E-state index in [0.717, 1.165) is 22.8 Å². The highest BCUT2D eigenvalue weighted by Gasteiger charge is 2.18. The fourth-order valence-electron chi connectivity index (χ4n) is 4.46. The zero-order chi connectivity index (χ0) is 27.8. The lowest BCUT2D eigenvalue weighted by Crippen LogP contribution is -2.35. The number of benzene rings is 1. The third kappa shape index (κ3) is 16.8. The van der Waals surface area contributed by atoms with Gasteiger partial charge in [0.1, 0.15) is 18.8 Å². The van der Waals surface area contributed by atoms with Crippen LogP contribution in [0.15, 0.2) is 23.1 Å². The Hall–Kier alpha value is -1.89. The maximum Gasteiger partial charge on any atom is 0.325 e. The van der Waals surface area contributed by atoms with Crippen LogP contribution >= 0.6 is 11.8 Å². The summed E-state index contributed by atoms with van der Waals surface area (Å²) in [6, 6.07) is 5.81. The van der Waals surface area contributed by atoms with E-state index in [1.807, 2.05) is 24.5 Å². The van der Waals surface area contributed by atoms with Crippen molar-refractivity contribution in [2.45, 2.75) is 115 Å². The van der Waals surface area contributed by atoms with Gasteiger partial charge in [0, 0.05) is 16.6 Å². The summed E-state index contributed by atoms with van der Waals surface area (Å²) in [5.41, 5.74) is 0.731. The Labute approximate surface area is 236 Å². The summed E-state index contributed by atoms with van der Waals surface area (Å²) < 4.78 is 15.7. The predicted octanol–water partition coefficient (Wildman–Crippen LogP) is 8.20. The number of nitrogens with zero attached hydrogens (tertiary/aromatic N) is 1. The van der Waals surface area contributed by atoms with Crippen molar-refractivity contribution in [2.75, 3.05) is 45.1 Å². The van der Waals surface area contributed by atoms with Crippen molar-refractivity contribution in [1.82, 2.24) is 0 Å². The van der Waals surface area contributed by atoms with E-state index in [2.05, 4.69) is 6.92 Å². The van der Waals surface area contributed by atoms with Crippen molar-refractivity contribution in [2.24, 2.45) is 0 Å². The molecule has 0 unspecified atom stereocenters. The van der Waals surface area contributed by atoms with Gasteiger partial charge in [0.2, 0.25) is 0 Å². The Morgan fingerprint density at radius 2 is 1.13 bits per heavy atom. The number of anilines is 1. The lowest BCUT2D eigenvalue weighted by molar-refractivity contribution is -0.140. The minimum absolute atomic E-state index is 0.0397. The van der Waals surface area contributed by atoms with E-state index >= 15 is 0 Å². The van der Waals surface area contributed by atoms with Crippen LogP contribution in [0.3, 0.4) is 0 Å². The molecule has 0 aliphatic rings. The molecule has 0 aliphatic heterocycles. The number of carbonyl (C=O) groups excluding carboxylic acids is 2. The van der Waals surface area contributed by atoms with Gasteiger partial charge in [-0.1, -0.05) is 103 Å². The molecular weight excluding hydrogens is 498 g/mol. The van der Waals surface area contributed by atoms with E-state index in [9.17, 15) is 9.59 Å². The number of hydrogen-bond donors (Lipinski definition) is 0. The van der Waals surface area contributed by atoms with Crippen molar-refractivity contribution >= 4 is 29.4 Å². The van der Waals surface area contributed by atoms with Crippen LogP contribution in [-0.2, 0) is 19.1 Å². The van der Waals surface area contributed by atoms with Gasteiger partial charge in [-0.25, -0.2) is 0 Å². The highest BCUT2D eigenvalue weighted by molar-refractivity contribution is 7.98. The van der Waals surface area contributed by atoms with Crippen molar-refractivity contribution in [1.29, 1.82) is 0 Å². The molecule has 0 aromatic heterocycles. The number of carbonyl (C=O) groups is 2. The fourth-order valence-corrected chi connectivity index (χ4v) is 4.93. The third-order valence-electron chi connectivity index (χ3n) is 6.83. The average molecular weight is 552 g/mol. The molecule has 0 aliphatic carbocycles. The van der Waals surface area contributed by atoms with E-state index in [1.165, 1.54) is 111 Å². The molecule has 7 heteroatoms. The molecule has 0 saturated heterocycles. The van der Waals surface area contributed by atoms with Crippen LogP contribution in [0.2, 0.25) is 0 Å². The largest absolute Gasteiger partial charge is 0.493 e. The molecule has 0 bridgehead atoms. The number of methoxy groups -OCH3 is 2. The first-order chi connectivity index (χ1) is 18.5. The number of ether oxygens (including phenoxy) is 3. The third-order valence-corrected chi connectivity index (χ3v) is 7.53. The summed E-state index contributed by atoms with van der Waals surface area (Å²) in [6.45, 7) is 2.85. The smallest absolute Gasteiger partial charge is 0.325 e. The van der Waals surface area contributed by atoms with Gasteiger partial charge >= 0.3 is 11.9 Å². The highest BCUT2D eigenvalue weighted by Crippen LogP contribution is 2.29. The lowest BCUT2D eigenvalue weighted by atomic mass is 10.0. The first-order valence-corrected chi connectivity index (χ1v) is 16.0. The Morgan fingerprint density at radius 3 is 1.55 bits per heavy atom. The van der Waals surface area contributed by atoms with Gasteiger partial charge in [-0.05, 0) is 24.8 Å². The molecule has 0 spiro atoms. The standard InChI is InChI=1S/C31H53NO5S/c1-5-6-7-8-9-10-11-12-13-14-15-16-17-18-19-20-21-37-28-22-27(23-29(24-28)38-4)32(25-30(33)35-2)26-31(34)36-3/h22-24H,5-21,25-26H2,1-4H3. The first kappa shape index (κ1) is 34.1. The maximum atomic E-state index is 11.9. The maximum absolute atomic E-state index is 11.9. The zero-order valence-corrected chi connectivity index (χ0v) is 25.4. The monoisotopic (exact) mass is 551 g/mol. The fraction of sp³-hybridized carbons (Fsp3) is 0.742. The average Bonchev–Trinajstić information content (AvgIpc) is 2.93. The molecule has 1 rings (SSSR count). The molecular formula is C31H53NO5S. The van der Waals surface area contributed by atoms with Crippen LogP contribution in [0.25, 0.3) is 0 Å². The molecule has 0 N–H and O–H groups in total. The van der Waals surface area contributed by atoms with Crippen LogP contribution in [0.5, 0.6) is 5.75 Å². The van der Waals surface area contributed by atoms with E-state index in [4.69, 9.17) is 14.2 Å². The summed E-state index contributed by atoms with van der Waals surface area (Å²) in [5, 5.41) is 0. The van der Waals surface area contributed by atoms with Crippen LogP contribution in [-0.4, -0.2) is 52.1 Å². The van der Waals surface area contributed by atoms with E-state index in [1.54, 1.807) is 16.7 Å². The van der Waals surface area contributed by atoms with Crippen molar-refractivity contribution < 1.29 is 23.8 Å². The number of thioether (sulfide) groups is 1. The summed E-state index contributed by atoms with van der Waals surface area (Å²) >= 11 is 1.59. The number of hydrogen-bond acceptors (Lipinski definition) is 7. The summed E-state index contributed by atoms with van der Waals surface area (Å²) in [6.07, 6.45) is 23.5. The molecule has 0 radical (unpaired) electrons. The van der Waals surface area contributed by atoms with Crippen molar-refractivity contribution in [3.8, 4) is 5.75 Å². The van der Waals surface area contributed by atoms with Crippen LogP contribution in [0.1, 0.15) is 110 Å². The summed E-state index contributed by atoms with van der Waals surface area (Å²) in [4.78, 5) is 26.5. The molecule has 38 heavy (non-hydrogen) atoms. The Balaban J connectivity index is 2.25. The van der Waals surface area contributed by atoms with Crippen molar-refractivity contribution in [3.05, 3.63) is 18.2 Å². The number of unbranched alkanes of at least 4 members (excludes halogenated alkanes) is 15. The first-order valence-electron chi connectivity index (χ1n) is 14.7. The molecule has 6 nitrogen and oxygen atoms in total. The van der Waals surface area contributed by atoms with Crippen LogP contribution in [0.4, 0.5) is 5.69 Å². The molecule has 1 aromatic carbocycles. The topological polar surface area (TPSA) is 65.1 Å². The minimum atomic E-state index is -0.418. The van der Waals surface area contributed by atoms with Gasteiger partial charge in [0.25, 0.3) is 0 Å². The van der Waals surface area contributed by atoms with E-state index in [0.29, 0.717) is 6.61 Å². The van der Waals surface area contributed by atoms with Gasteiger partial charge in [0.15, 0.2) is 0 Å². The van der Waals surface area contributed by atoms with Gasteiger partial charge in [-0.3, -0.25) is 9.59 Å². The van der Waals surface area contributed by atoms with Gasteiger partial charge in [0.05, 0.1) is 20.8 Å². The SMILES string of the molecule is CCCCCCCCCCCCCCCCCCOc1cc(SC)cc(N(CC(=O)OC)CC(=O)OC)c1. The number of rotatable bonds is 24. The molecule has 0 saturated carbocycles. The summed E-state index contributed by atoms with van der Waals surface area (Å²) in [7, 11) is 2.67.